The number of nitrogens with one attached hydrogen (secondary N) is 1. The highest BCUT2D eigenvalue weighted by molar-refractivity contribution is 7.90. The quantitative estimate of drug-likeness (QED) is 0.842. The highest BCUT2D eigenvalue weighted by Crippen LogP contribution is 2.20. The lowest BCUT2D eigenvalue weighted by Gasteiger charge is -2.10. The van der Waals surface area contributed by atoms with Gasteiger partial charge in [-0.25, -0.2) is 8.42 Å². The van der Waals surface area contributed by atoms with Gasteiger partial charge in [-0.2, -0.15) is 0 Å². The summed E-state index contributed by atoms with van der Waals surface area (Å²) in [7, 11) is -3.37. The molecule has 5 nitrogen and oxygen atoms in total. The number of carbonyl (C=O) groups excluding carboxylic acids is 1. The van der Waals surface area contributed by atoms with E-state index in [1.165, 1.54) is 12.1 Å². The van der Waals surface area contributed by atoms with Gasteiger partial charge in [-0.15, -0.1) is 0 Å². The summed E-state index contributed by atoms with van der Waals surface area (Å²) in [4.78, 5) is 11.7. The molecule has 0 aliphatic heterocycles. The van der Waals surface area contributed by atoms with E-state index in [1.54, 1.807) is 19.1 Å². The molecule has 0 aliphatic rings. The fraction of sp³-hybridized carbons (Fsp3) is 0.417. The molecule has 100 valence electrons. The summed E-state index contributed by atoms with van der Waals surface area (Å²) in [6, 6.07) is 6.23. The predicted octanol–water partition coefficient (Wildman–Crippen LogP) is 1.19. The molecule has 1 atom stereocenters. The zero-order valence-corrected chi connectivity index (χ0v) is 11.2. The van der Waals surface area contributed by atoms with Crippen molar-refractivity contribution in [1.29, 1.82) is 0 Å². The molecule has 0 saturated heterocycles. The van der Waals surface area contributed by atoms with Crippen LogP contribution in [-0.4, -0.2) is 31.8 Å². The maximum Gasteiger partial charge on any atom is 0.224 e. The first-order chi connectivity index (χ1) is 8.30. The van der Waals surface area contributed by atoms with Gasteiger partial charge in [-0.05, 0) is 25.5 Å². The standard InChI is InChI=1S/C12H17NO4S/c1-9(14)7-8-12(15)13-10-5-3-4-6-11(10)18(2,16)17/h3-6,9,14H,7-8H2,1-2H3,(H,13,15). The number of anilines is 1. The van der Waals surface area contributed by atoms with Crippen LogP contribution in [0.4, 0.5) is 5.69 Å². The molecule has 1 amide bonds. The van der Waals surface area contributed by atoms with Crippen molar-refractivity contribution >= 4 is 21.4 Å². The molecule has 0 aliphatic carbocycles. The molecular weight excluding hydrogens is 254 g/mol. The first kappa shape index (κ1) is 14.7. The van der Waals surface area contributed by atoms with Gasteiger partial charge in [0.2, 0.25) is 5.91 Å². The Kier molecular flexibility index (Phi) is 4.86. The van der Waals surface area contributed by atoms with E-state index in [2.05, 4.69) is 5.32 Å². The third-order valence-electron chi connectivity index (χ3n) is 2.35. The highest BCUT2D eigenvalue weighted by Gasteiger charge is 2.14. The summed E-state index contributed by atoms with van der Waals surface area (Å²) < 4.78 is 23.0. The molecule has 0 heterocycles. The van der Waals surface area contributed by atoms with Crippen LogP contribution < -0.4 is 5.32 Å². The van der Waals surface area contributed by atoms with Crippen LogP contribution in [0, 0.1) is 0 Å². The van der Waals surface area contributed by atoms with Crippen molar-refractivity contribution in [2.75, 3.05) is 11.6 Å². The van der Waals surface area contributed by atoms with E-state index in [9.17, 15) is 13.2 Å². The third-order valence-corrected chi connectivity index (χ3v) is 3.50. The van der Waals surface area contributed by atoms with Crippen molar-refractivity contribution in [1.82, 2.24) is 0 Å². The average Bonchev–Trinajstić information content (AvgIpc) is 2.25. The maximum absolute atomic E-state index is 11.6. The monoisotopic (exact) mass is 271 g/mol. The van der Waals surface area contributed by atoms with Crippen molar-refractivity contribution in [2.24, 2.45) is 0 Å². The molecule has 0 saturated carbocycles. The lowest BCUT2D eigenvalue weighted by Crippen LogP contribution is -2.16. The van der Waals surface area contributed by atoms with Gasteiger partial charge in [-0.1, -0.05) is 12.1 Å². The molecule has 0 aromatic heterocycles. The van der Waals surface area contributed by atoms with E-state index in [0.29, 0.717) is 6.42 Å². The second-order valence-corrected chi connectivity index (χ2v) is 6.19. The Balaban J connectivity index is 2.82. The maximum atomic E-state index is 11.6. The number of rotatable bonds is 5. The van der Waals surface area contributed by atoms with Gasteiger partial charge in [0.25, 0.3) is 0 Å². The van der Waals surface area contributed by atoms with Crippen molar-refractivity contribution in [3.05, 3.63) is 24.3 Å². The second kappa shape index (κ2) is 5.97. The molecule has 1 unspecified atom stereocenters. The third kappa shape index (κ3) is 4.46. The summed E-state index contributed by atoms with van der Waals surface area (Å²) >= 11 is 0. The van der Waals surface area contributed by atoms with Gasteiger partial charge in [0.15, 0.2) is 9.84 Å². The van der Waals surface area contributed by atoms with Crippen molar-refractivity contribution in [2.45, 2.75) is 30.8 Å². The zero-order valence-electron chi connectivity index (χ0n) is 10.4. The number of aliphatic hydroxyl groups is 1. The Labute approximate surface area is 107 Å². The lowest BCUT2D eigenvalue weighted by molar-refractivity contribution is -0.116. The minimum atomic E-state index is -3.37. The zero-order chi connectivity index (χ0) is 13.8. The van der Waals surface area contributed by atoms with Gasteiger partial charge in [0.05, 0.1) is 16.7 Å². The molecule has 0 bridgehead atoms. The minimum Gasteiger partial charge on any atom is -0.393 e. The summed E-state index contributed by atoms with van der Waals surface area (Å²) in [5, 5.41) is 11.6. The number of amides is 1. The number of hydrogen-bond acceptors (Lipinski definition) is 4. The molecule has 2 N–H and O–H groups in total. The van der Waals surface area contributed by atoms with Crippen LogP contribution in [0.3, 0.4) is 0 Å². The van der Waals surface area contributed by atoms with Crippen LogP contribution in [0.5, 0.6) is 0 Å². The number of hydrogen-bond donors (Lipinski definition) is 2. The molecule has 6 heteroatoms. The number of carbonyl (C=O) groups is 1. The van der Waals surface area contributed by atoms with Gasteiger partial charge >= 0.3 is 0 Å². The van der Waals surface area contributed by atoms with Crippen molar-refractivity contribution in [3.8, 4) is 0 Å². The SMILES string of the molecule is CC(O)CCC(=O)Nc1ccccc1S(C)(=O)=O. The number of sulfone groups is 1. The van der Waals surface area contributed by atoms with Crippen LogP contribution >= 0.6 is 0 Å². The van der Waals surface area contributed by atoms with Crippen LogP contribution in [0.25, 0.3) is 0 Å². The van der Waals surface area contributed by atoms with Gasteiger partial charge in [0.1, 0.15) is 0 Å². The predicted molar refractivity (Wildman–Crippen MR) is 69.1 cm³/mol. The molecule has 0 fully saturated rings. The normalized spacial score (nSPS) is 13.1. The van der Waals surface area contributed by atoms with Crippen LogP contribution in [0.2, 0.25) is 0 Å². The molecule has 1 aromatic rings. The summed E-state index contributed by atoms with van der Waals surface area (Å²) in [6.07, 6.45) is 1.03. The first-order valence-electron chi connectivity index (χ1n) is 5.57. The Morgan fingerprint density at radius 3 is 2.56 bits per heavy atom. The van der Waals surface area contributed by atoms with E-state index < -0.39 is 15.9 Å². The van der Waals surface area contributed by atoms with Gasteiger partial charge < -0.3 is 10.4 Å². The van der Waals surface area contributed by atoms with Gasteiger partial charge in [-0.3, -0.25) is 4.79 Å². The van der Waals surface area contributed by atoms with E-state index in [1.807, 2.05) is 0 Å². The summed E-state index contributed by atoms with van der Waals surface area (Å²) in [5.41, 5.74) is 0.274. The molecule has 0 spiro atoms. The molecule has 18 heavy (non-hydrogen) atoms. The van der Waals surface area contributed by atoms with E-state index in [4.69, 9.17) is 5.11 Å². The number of aliphatic hydroxyl groups excluding tert-OH is 1. The Hall–Kier alpha value is -1.40. The smallest absolute Gasteiger partial charge is 0.224 e. The van der Waals surface area contributed by atoms with Crippen molar-refractivity contribution < 1.29 is 18.3 Å². The molecule has 1 aromatic carbocycles. The molecular formula is C12H17NO4S. The minimum absolute atomic E-state index is 0.0930. The van der Waals surface area contributed by atoms with E-state index in [0.717, 1.165) is 6.26 Å². The van der Waals surface area contributed by atoms with Gasteiger partial charge in [0, 0.05) is 12.7 Å². The topological polar surface area (TPSA) is 83.5 Å². The Bertz CT molecular complexity index is 523. The average molecular weight is 271 g/mol. The Morgan fingerprint density at radius 1 is 1.39 bits per heavy atom. The molecule has 1 rings (SSSR count). The highest BCUT2D eigenvalue weighted by atomic mass is 32.2. The fourth-order valence-electron chi connectivity index (χ4n) is 1.45. The van der Waals surface area contributed by atoms with Crippen LogP contribution in [0.15, 0.2) is 29.2 Å². The molecule has 0 radical (unpaired) electrons. The number of para-hydroxylation sites is 1. The van der Waals surface area contributed by atoms with Crippen LogP contribution in [-0.2, 0) is 14.6 Å². The van der Waals surface area contributed by atoms with E-state index in [-0.39, 0.29) is 22.9 Å². The number of benzene rings is 1. The second-order valence-electron chi connectivity index (χ2n) is 4.20. The largest absolute Gasteiger partial charge is 0.393 e. The first-order valence-corrected chi connectivity index (χ1v) is 7.47. The van der Waals surface area contributed by atoms with E-state index >= 15 is 0 Å². The summed E-state index contributed by atoms with van der Waals surface area (Å²) in [6.45, 7) is 1.59. The fourth-order valence-corrected chi connectivity index (χ4v) is 2.29. The van der Waals surface area contributed by atoms with Crippen molar-refractivity contribution in [3.63, 3.8) is 0 Å². The lowest BCUT2D eigenvalue weighted by atomic mass is 10.2. The Morgan fingerprint density at radius 2 is 2.00 bits per heavy atom. The summed E-state index contributed by atoms with van der Waals surface area (Å²) in [5.74, 6) is -0.313. The van der Waals surface area contributed by atoms with Crippen LogP contribution in [0.1, 0.15) is 19.8 Å².